The van der Waals surface area contributed by atoms with Gasteiger partial charge < -0.3 is 19.5 Å². The predicted molar refractivity (Wildman–Crippen MR) is 174 cm³/mol. The smallest absolute Gasteiger partial charge is 0.251 e. The molecule has 0 bridgehead atoms. The molecule has 2 aliphatic rings. The second-order valence-electron chi connectivity index (χ2n) is 11.7. The highest BCUT2D eigenvalue weighted by Crippen LogP contribution is 2.30. The normalized spacial score (nSPS) is 15.5. The Hall–Kier alpha value is -3.45. The number of ether oxygens (including phenoxy) is 3. The van der Waals surface area contributed by atoms with Gasteiger partial charge in [0.05, 0.1) is 6.61 Å². The molecule has 6 heteroatoms. The van der Waals surface area contributed by atoms with Crippen molar-refractivity contribution in [3.05, 3.63) is 89.0 Å². The maximum absolute atomic E-state index is 13.3. The van der Waals surface area contributed by atoms with Crippen molar-refractivity contribution in [3.63, 3.8) is 0 Å². The summed E-state index contributed by atoms with van der Waals surface area (Å²) in [6.07, 6.45) is 9.15. The molecular weight excluding hydrogens is 536 g/mol. The zero-order valence-corrected chi connectivity index (χ0v) is 25.8. The summed E-state index contributed by atoms with van der Waals surface area (Å²) in [5.41, 5.74) is 7.57. The van der Waals surface area contributed by atoms with E-state index >= 15 is 0 Å². The van der Waals surface area contributed by atoms with Crippen LogP contribution in [-0.2, 0) is 27.2 Å². The van der Waals surface area contributed by atoms with Crippen LogP contribution in [0.2, 0.25) is 0 Å². The molecule has 0 saturated carbocycles. The summed E-state index contributed by atoms with van der Waals surface area (Å²) in [6.45, 7) is 6.70. The molecule has 3 aromatic carbocycles. The standard InChI is InChI=1S/C37H46N2O4/c1-3-4-20-41-23-24-43-36-16-12-30(13-17-36)31-11-10-29-6-5-7-32(26-33(29)25-31)37(40)38-34-14-8-28(9-15-34)27-39(2)35-18-21-42-22-19-35/h8-17,25-26,35H,3-7,18-24,27H2,1-2H3,(H,38,40). The van der Waals surface area contributed by atoms with Crippen LogP contribution in [0.5, 0.6) is 5.75 Å². The van der Waals surface area contributed by atoms with Crippen molar-refractivity contribution in [2.75, 3.05) is 45.4 Å². The van der Waals surface area contributed by atoms with Gasteiger partial charge in [-0.25, -0.2) is 0 Å². The number of amides is 1. The third-order valence-corrected chi connectivity index (χ3v) is 8.44. The molecule has 0 spiro atoms. The first-order chi connectivity index (χ1) is 21.1. The largest absolute Gasteiger partial charge is 0.491 e. The Morgan fingerprint density at radius 2 is 1.70 bits per heavy atom. The maximum atomic E-state index is 13.3. The Kier molecular flexibility index (Phi) is 11.4. The van der Waals surface area contributed by atoms with E-state index in [2.05, 4.69) is 72.7 Å². The summed E-state index contributed by atoms with van der Waals surface area (Å²) in [6, 6.07) is 23.6. The fraction of sp³-hybridized carbons (Fsp3) is 0.432. The molecule has 0 unspecified atom stereocenters. The van der Waals surface area contributed by atoms with Crippen molar-refractivity contribution in [2.24, 2.45) is 0 Å². The number of carbonyl (C=O) groups is 1. The molecule has 0 aromatic heterocycles. The van der Waals surface area contributed by atoms with Crippen LogP contribution in [-0.4, -0.2) is 56.9 Å². The summed E-state index contributed by atoms with van der Waals surface area (Å²) >= 11 is 0. The Morgan fingerprint density at radius 1 is 0.930 bits per heavy atom. The van der Waals surface area contributed by atoms with Gasteiger partial charge in [-0.15, -0.1) is 0 Å². The summed E-state index contributed by atoms with van der Waals surface area (Å²) in [5.74, 6) is 0.821. The Bertz CT molecular complexity index is 1340. The topological polar surface area (TPSA) is 60.0 Å². The highest BCUT2D eigenvalue weighted by Gasteiger charge is 2.19. The van der Waals surface area contributed by atoms with Gasteiger partial charge in [0.15, 0.2) is 0 Å². The first kappa shape index (κ1) is 31.0. The zero-order valence-electron chi connectivity index (χ0n) is 25.8. The first-order valence-electron chi connectivity index (χ1n) is 15.9. The monoisotopic (exact) mass is 582 g/mol. The van der Waals surface area contributed by atoms with E-state index in [4.69, 9.17) is 14.2 Å². The van der Waals surface area contributed by atoms with Crippen molar-refractivity contribution < 1.29 is 19.0 Å². The lowest BCUT2D eigenvalue weighted by atomic mass is 9.97. The molecule has 43 heavy (non-hydrogen) atoms. The van der Waals surface area contributed by atoms with Gasteiger partial charge in [0.1, 0.15) is 12.4 Å². The number of carbonyl (C=O) groups excluding carboxylic acids is 1. The lowest BCUT2D eigenvalue weighted by Gasteiger charge is -2.31. The van der Waals surface area contributed by atoms with Crippen LogP contribution in [0.3, 0.4) is 0 Å². The van der Waals surface area contributed by atoms with Gasteiger partial charge in [0.2, 0.25) is 0 Å². The highest BCUT2D eigenvalue weighted by atomic mass is 16.5. The first-order valence-corrected chi connectivity index (χ1v) is 15.9. The molecule has 5 rings (SSSR count). The van der Waals surface area contributed by atoms with E-state index in [-0.39, 0.29) is 5.91 Å². The average Bonchev–Trinajstić information content (AvgIpc) is 3.27. The van der Waals surface area contributed by atoms with Crippen LogP contribution in [0, 0.1) is 0 Å². The van der Waals surface area contributed by atoms with E-state index in [1.165, 1.54) is 11.1 Å². The van der Waals surface area contributed by atoms with Crippen LogP contribution in [0.15, 0.2) is 72.3 Å². The fourth-order valence-electron chi connectivity index (χ4n) is 5.80. The van der Waals surface area contributed by atoms with Crippen LogP contribution >= 0.6 is 0 Å². The third-order valence-electron chi connectivity index (χ3n) is 8.44. The summed E-state index contributed by atoms with van der Waals surface area (Å²) in [7, 11) is 2.18. The molecule has 228 valence electrons. The summed E-state index contributed by atoms with van der Waals surface area (Å²) in [5, 5.41) is 3.14. The highest BCUT2D eigenvalue weighted by molar-refractivity contribution is 6.07. The van der Waals surface area contributed by atoms with Crippen LogP contribution < -0.4 is 10.1 Å². The minimum atomic E-state index is -0.0227. The van der Waals surface area contributed by atoms with Crippen LogP contribution in [0.25, 0.3) is 17.2 Å². The van der Waals surface area contributed by atoms with E-state index in [1.807, 2.05) is 24.3 Å². The number of hydrogen-bond acceptors (Lipinski definition) is 5. The minimum absolute atomic E-state index is 0.0227. The number of nitrogens with zero attached hydrogens (tertiary/aromatic N) is 1. The molecule has 0 atom stereocenters. The van der Waals surface area contributed by atoms with E-state index in [0.717, 1.165) is 105 Å². The van der Waals surface area contributed by atoms with E-state index in [1.54, 1.807) is 0 Å². The van der Waals surface area contributed by atoms with Crippen molar-refractivity contribution in [1.82, 2.24) is 4.90 Å². The molecule has 3 aromatic rings. The van der Waals surface area contributed by atoms with Crippen molar-refractivity contribution in [2.45, 2.75) is 64.5 Å². The van der Waals surface area contributed by atoms with Gasteiger partial charge in [0, 0.05) is 43.7 Å². The Labute approximate surface area is 257 Å². The molecule has 1 aliphatic carbocycles. The van der Waals surface area contributed by atoms with Gasteiger partial charge in [0.25, 0.3) is 5.91 Å². The van der Waals surface area contributed by atoms with Crippen LogP contribution in [0.4, 0.5) is 5.69 Å². The lowest BCUT2D eigenvalue weighted by Crippen LogP contribution is -2.36. The Morgan fingerprint density at radius 3 is 2.47 bits per heavy atom. The molecule has 1 amide bonds. The summed E-state index contributed by atoms with van der Waals surface area (Å²) < 4.78 is 16.9. The molecule has 1 aliphatic heterocycles. The fourth-order valence-corrected chi connectivity index (χ4v) is 5.80. The number of rotatable bonds is 13. The molecule has 6 nitrogen and oxygen atoms in total. The molecule has 1 heterocycles. The number of unbranched alkanes of at least 4 members (excludes halogenated alkanes) is 1. The van der Waals surface area contributed by atoms with Gasteiger partial charge in [-0.1, -0.05) is 49.7 Å². The zero-order chi connectivity index (χ0) is 29.9. The van der Waals surface area contributed by atoms with Crippen molar-refractivity contribution >= 4 is 17.7 Å². The van der Waals surface area contributed by atoms with Crippen molar-refractivity contribution in [3.8, 4) is 16.9 Å². The number of nitrogens with one attached hydrogen (secondary N) is 1. The number of aryl methyl sites for hydroxylation is 1. The second kappa shape index (κ2) is 15.9. The van der Waals surface area contributed by atoms with Crippen molar-refractivity contribution in [1.29, 1.82) is 0 Å². The third kappa shape index (κ3) is 9.02. The second-order valence-corrected chi connectivity index (χ2v) is 11.7. The predicted octanol–water partition coefficient (Wildman–Crippen LogP) is 7.52. The molecular formula is C37H46N2O4. The van der Waals surface area contributed by atoms with Gasteiger partial charge in [-0.3, -0.25) is 9.69 Å². The lowest BCUT2D eigenvalue weighted by molar-refractivity contribution is -0.112. The molecule has 0 radical (unpaired) electrons. The van der Waals surface area contributed by atoms with E-state index in [0.29, 0.717) is 19.3 Å². The SMILES string of the molecule is CCCCOCCOc1ccc(-c2ccc3c(c2)C=C(C(=O)Nc2ccc(CN(C)C4CCOCC4)cc2)CCC3)cc1. The summed E-state index contributed by atoms with van der Waals surface area (Å²) in [4.78, 5) is 15.7. The molecule has 1 N–H and O–H groups in total. The van der Waals surface area contributed by atoms with E-state index in [9.17, 15) is 4.79 Å². The number of benzene rings is 3. The van der Waals surface area contributed by atoms with Crippen LogP contribution in [0.1, 0.15) is 62.1 Å². The van der Waals surface area contributed by atoms with Gasteiger partial charge in [-0.05, 0) is 110 Å². The number of anilines is 1. The van der Waals surface area contributed by atoms with Gasteiger partial charge in [-0.2, -0.15) is 0 Å². The molecule has 1 saturated heterocycles. The maximum Gasteiger partial charge on any atom is 0.251 e. The quantitative estimate of drug-likeness (QED) is 0.211. The average molecular weight is 583 g/mol. The minimum Gasteiger partial charge on any atom is -0.491 e. The molecule has 1 fully saturated rings. The Balaban J connectivity index is 1.19. The number of hydrogen-bond donors (Lipinski definition) is 1. The van der Waals surface area contributed by atoms with Gasteiger partial charge >= 0.3 is 0 Å². The van der Waals surface area contributed by atoms with E-state index < -0.39 is 0 Å². The number of fused-ring (bicyclic) bond motifs is 1.